The highest BCUT2D eigenvalue weighted by atomic mass is 16.2. The van der Waals surface area contributed by atoms with E-state index in [1.165, 1.54) is 12.8 Å². The molecule has 0 aromatic rings. The molecule has 2 N–H and O–H groups in total. The summed E-state index contributed by atoms with van der Waals surface area (Å²) in [7, 11) is 0. The van der Waals surface area contributed by atoms with Crippen LogP contribution in [0, 0.1) is 0 Å². The van der Waals surface area contributed by atoms with Crippen LogP contribution >= 0.6 is 0 Å². The minimum Gasteiger partial charge on any atom is -0.343 e. The lowest BCUT2D eigenvalue weighted by Gasteiger charge is -2.31. The highest BCUT2D eigenvalue weighted by Crippen LogP contribution is 2.21. The first kappa shape index (κ1) is 14.5. The minimum absolute atomic E-state index is 0.223. The molecule has 0 bridgehead atoms. The van der Waals surface area contributed by atoms with E-state index in [9.17, 15) is 4.79 Å². The van der Waals surface area contributed by atoms with Gasteiger partial charge in [-0.15, -0.1) is 0 Å². The molecule has 1 heterocycles. The van der Waals surface area contributed by atoms with Crippen molar-refractivity contribution < 1.29 is 4.79 Å². The fourth-order valence-corrected chi connectivity index (χ4v) is 2.74. The van der Waals surface area contributed by atoms with Gasteiger partial charge in [-0.05, 0) is 40.2 Å². The smallest absolute Gasteiger partial charge is 0.224 e. The molecule has 0 aliphatic carbocycles. The van der Waals surface area contributed by atoms with Crippen molar-refractivity contribution >= 4 is 5.91 Å². The molecule has 1 rings (SSSR count). The van der Waals surface area contributed by atoms with E-state index < -0.39 is 0 Å². The third-order valence-electron chi connectivity index (χ3n) is 3.87. The van der Waals surface area contributed by atoms with Crippen molar-refractivity contribution in [2.45, 2.75) is 52.1 Å². The average Bonchev–Trinajstić information content (AvgIpc) is 2.74. The van der Waals surface area contributed by atoms with Gasteiger partial charge in [0, 0.05) is 38.1 Å². The van der Waals surface area contributed by atoms with Crippen molar-refractivity contribution in [1.82, 2.24) is 9.80 Å². The van der Waals surface area contributed by atoms with Gasteiger partial charge in [0.1, 0.15) is 0 Å². The highest BCUT2D eigenvalue weighted by molar-refractivity contribution is 5.76. The van der Waals surface area contributed by atoms with Gasteiger partial charge < -0.3 is 10.6 Å². The molecule has 0 aromatic heterocycles. The van der Waals surface area contributed by atoms with Crippen LogP contribution in [0.25, 0.3) is 0 Å². The number of nitrogens with two attached hydrogens (primary N) is 1. The summed E-state index contributed by atoms with van der Waals surface area (Å²) in [4.78, 5) is 16.4. The molecular weight excluding hydrogens is 214 g/mol. The number of likely N-dealkylation sites (tertiary alicyclic amines) is 1. The number of carbonyl (C=O) groups is 1. The molecule has 1 saturated heterocycles. The molecule has 0 radical (unpaired) electrons. The zero-order valence-electron chi connectivity index (χ0n) is 11.5. The van der Waals surface area contributed by atoms with Crippen molar-refractivity contribution in [2.75, 3.05) is 26.2 Å². The van der Waals surface area contributed by atoms with Gasteiger partial charge in [0.05, 0.1) is 0 Å². The molecular formula is C13H27N3O. The Morgan fingerprint density at radius 2 is 2.12 bits per heavy atom. The number of carbonyl (C=O) groups excluding carboxylic acids is 1. The molecule has 1 amide bonds. The van der Waals surface area contributed by atoms with Crippen LogP contribution in [0.15, 0.2) is 0 Å². The largest absolute Gasteiger partial charge is 0.343 e. The van der Waals surface area contributed by atoms with Crippen LogP contribution in [0.1, 0.15) is 40.0 Å². The summed E-state index contributed by atoms with van der Waals surface area (Å²) < 4.78 is 0. The molecule has 1 fully saturated rings. The lowest BCUT2D eigenvalue weighted by atomic mass is 10.1. The lowest BCUT2D eigenvalue weighted by Crippen LogP contribution is -2.46. The second-order valence-corrected chi connectivity index (χ2v) is 4.89. The number of rotatable bonds is 6. The van der Waals surface area contributed by atoms with E-state index in [2.05, 4.69) is 11.8 Å². The van der Waals surface area contributed by atoms with Crippen LogP contribution in [0.3, 0.4) is 0 Å². The van der Waals surface area contributed by atoms with E-state index in [4.69, 9.17) is 5.73 Å². The summed E-state index contributed by atoms with van der Waals surface area (Å²) in [5, 5.41) is 0. The first-order valence-corrected chi connectivity index (χ1v) is 6.87. The Kier molecular flexibility index (Phi) is 5.92. The zero-order chi connectivity index (χ0) is 12.8. The molecule has 0 saturated carbocycles. The van der Waals surface area contributed by atoms with E-state index in [0.29, 0.717) is 19.0 Å². The monoisotopic (exact) mass is 241 g/mol. The second-order valence-electron chi connectivity index (χ2n) is 4.89. The maximum Gasteiger partial charge on any atom is 0.224 e. The quantitative estimate of drug-likeness (QED) is 0.756. The predicted octanol–water partition coefficient (Wildman–Crippen LogP) is 1.06. The van der Waals surface area contributed by atoms with Crippen molar-refractivity contribution in [3.05, 3.63) is 0 Å². The Bertz CT molecular complexity index is 241. The maximum absolute atomic E-state index is 12.1. The summed E-state index contributed by atoms with van der Waals surface area (Å²) in [5.74, 6) is 0.240. The van der Waals surface area contributed by atoms with Gasteiger partial charge >= 0.3 is 0 Å². The normalized spacial score (nSPS) is 22.7. The topological polar surface area (TPSA) is 49.6 Å². The number of amides is 1. The fraction of sp³-hybridized carbons (Fsp3) is 0.923. The molecule has 0 spiro atoms. The maximum atomic E-state index is 12.1. The predicted molar refractivity (Wildman–Crippen MR) is 70.8 cm³/mol. The zero-order valence-corrected chi connectivity index (χ0v) is 11.5. The van der Waals surface area contributed by atoms with Crippen LogP contribution in [0.4, 0.5) is 0 Å². The molecule has 0 aromatic carbocycles. The molecule has 2 atom stereocenters. The molecule has 4 nitrogen and oxygen atoms in total. The number of nitrogens with zero attached hydrogens (tertiary/aromatic N) is 2. The highest BCUT2D eigenvalue weighted by Gasteiger charge is 2.29. The van der Waals surface area contributed by atoms with Crippen LogP contribution in [-0.2, 0) is 4.79 Å². The van der Waals surface area contributed by atoms with E-state index in [0.717, 1.165) is 19.6 Å². The minimum atomic E-state index is 0.223. The summed E-state index contributed by atoms with van der Waals surface area (Å²) in [6.45, 7) is 9.54. The Morgan fingerprint density at radius 3 is 2.53 bits per heavy atom. The van der Waals surface area contributed by atoms with Crippen LogP contribution in [-0.4, -0.2) is 54.0 Å². The Balaban J connectivity index is 2.54. The van der Waals surface area contributed by atoms with Gasteiger partial charge in [0.2, 0.25) is 5.91 Å². The van der Waals surface area contributed by atoms with Gasteiger partial charge in [-0.2, -0.15) is 0 Å². The van der Waals surface area contributed by atoms with Crippen LogP contribution in [0.2, 0.25) is 0 Å². The van der Waals surface area contributed by atoms with Crippen molar-refractivity contribution in [3.8, 4) is 0 Å². The summed E-state index contributed by atoms with van der Waals surface area (Å²) in [6, 6.07) is 0.800. The van der Waals surface area contributed by atoms with Gasteiger partial charge in [-0.1, -0.05) is 0 Å². The molecule has 17 heavy (non-hydrogen) atoms. The molecule has 100 valence electrons. The van der Waals surface area contributed by atoms with Crippen molar-refractivity contribution in [3.63, 3.8) is 0 Å². The van der Waals surface area contributed by atoms with E-state index in [1.807, 2.05) is 18.7 Å². The van der Waals surface area contributed by atoms with Gasteiger partial charge in [0.15, 0.2) is 0 Å². The second kappa shape index (κ2) is 6.97. The first-order valence-electron chi connectivity index (χ1n) is 6.87. The van der Waals surface area contributed by atoms with E-state index in [-0.39, 0.29) is 11.9 Å². The summed E-state index contributed by atoms with van der Waals surface area (Å²) in [5.41, 5.74) is 5.83. The Labute approximate surface area is 105 Å². The van der Waals surface area contributed by atoms with Gasteiger partial charge in [-0.3, -0.25) is 9.69 Å². The van der Waals surface area contributed by atoms with E-state index >= 15 is 0 Å². The van der Waals surface area contributed by atoms with E-state index in [1.54, 1.807) is 0 Å². The van der Waals surface area contributed by atoms with Gasteiger partial charge in [0.25, 0.3) is 0 Å². The number of hydrogen-bond donors (Lipinski definition) is 1. The SMILES string of the molecule is CCN(CC)C(=O)CC(CN)N1CCCC1C. The van der Waals surface area contributed by atoms with Crippen LogP contribution < -0.4 is 5.73 Å². The molecule has 4 heteroatoms. The molecule has 1 aliphatic rings. The Hall–Kier alpha value is -0.610. The lowest BCUT2D eigenvalue weighted by molar-refractivity contribution is -0.132. The molecule has 1 aliphatic heterocycles. The average molecular weight is 241 g/mol. The summed E-state index contributed by atoms with van der Waals surface area (Å²) >= 11 is 0. The van der Waals surface area contributed by atoms with Crippen molar-refractivity contribution in [1.29, 1.82) is 0 Å². The third kappa shape index (κ3) is 3.68. The standard InChI is InChI=1S/C13H27N3O/c1-4-15(5-2)13(17)9-12(10-14)16-8-6-7-11(16)3/h11-12H,4-10,14H2,1-3H3. The molecule has 2 unspecified atom stereocenters. The van der Waals surface area contributed by atoms with Gasteiger partial charge in [-0.25, -0.2) is 0 Å². The number of hydrogen-bond acceptors (Lipinski definition) is 3. The fourth-order valence-electron chi connectivity index (χ4n) is 2.74. The third-order valence-corrected chi connectivity index (χ3v) is 3.87. The van der Waals surface area contributed by atoms with Crippen molar-refractivity contribution in [2.24, 2.45) is 5.73 Å². The first-order chi connectivity index (χ1) is 8.13. The Morgan fingerprint density at radius 1 is 1.47 bits per heavy atom. The van der Waals surface area contributed by atoms with Crippen LogP contribution in [0.5, 0.6) is 0 Å². The summed E-state index contributed by atoms with van der Waals surface area (Å²) in [6.07, 6.45) is 3.04.